The number of fused-ring (bicyclic) bond motifs is 3. The van der Waals surface area contributed by atoms with Gasteiger partial charge in [0, 0.05) is 76.6 Å². The first-order chi connectivity index (χ1) is 18.0. The van der Waals surface area contributed by atoms with Crippen LogP contribution >= 0.6 is 0 Å². The van der Waals surface area contributed by atoms with Crippen molar-refractivity contribution in [2.24, 2.45) is 4.99 Å². The number of nitrogens with zero attached hydrogens (tertiary/aromatic N) is 4. The Labute approximate surface area is 221 Å². The average molecular weight is 505 g/mol. The van der Waals surface area contributed by atoms with Crippen molar-refractivity contribution >= 4 is 11.6 Å². The Kier molecular flexibility index (Phi) is 7.77. The van der Waals surface area contributed by atoms with Crippen LogP contribution in [0.5, 0.6) is 0 Å². The summed E-state index contributed by atoms with van der Waals surface area (Å²) in [4.78, 5) is 25.1. The lowest BCUT2D eigenvalue weighted by molar-refractivity contribution is -0.238. The molecular formula is C30H40N4O3. The van der Waals surface area contributed by atoms with Crippen molar-refractivity contribution in [3.8, 4) is 0 Å². The molecule has 2 aromatic rings. The number of aliphatic imine (C=N–C) groups is 1. The van der Waals surface area contributed by atoms with Crippen LogP contribution < -0.4 is 0 Å². The van der Waals surface area contributed by atoms with E-state index in [0.29, 0.717) is 0 Å². The molecule has 3 aliphatic rings. The van der Waals surface area contributed by atoms with Gasteiger partial charge >= 0.3 is 0 Å². The lowest BCUT2D eigenvalue weighted by atomic mass is 9.71. The predicted molar refractivity (Wildman–Crippen MR) is 147 cm³/mol. The van der Waals surface area contributed by atoms with Crippen LogP contribution in [0.25, 0.3) is 0 Å². The molecule has 1 saturated heterocycles. The van der Waals surface area contributed by atoms with E-state index in [1.165, 1.54) is 5.56 Å². The second-order valence-corrected chi connectivity index (χ2v) is 10.7. The number of ether oxygens (including phenoxy) is 2. The number of hydrogen-bond donors (Lipinski definition) is 0. The highest BCUT2D eigenvalue weighted by Gasteiger charge is 2.50. The van der Waals surface area contributed by atoms with Crippen molar-refractivity contribution < 1.29 is 14.3 Å². The van der Waals surface area contributed by atoms with E-state index < -0.39 is 5.79 Å². The molecule has 2 fully saturated rings. The first kappa shape index (κ1) is 26.0. The van der Waals surface area contributed by atoms with Gasteiger partial charge in [0.25, 0.3) is 5.91 Å². The molecule has 1 saturated carbocycles. The van der Waals surface area contributed by atoms with E-state index in [1.54, 1.807) is 14.2 Å². The Balaban J connectivity index is 1.34. The molecule has 5 rings (SSSR count). The Bertz CT molecular complexity index is 1120. The van der Waals surface area contributed by atoms with Crippen LogP contribution in [0, 0.1) is 0 Å². The minimum absolute atomic E-state index is 0.0634. The molecule has 0 aromatic heterocycles. The summed E-state index contributed by atoms with van der Waals surface area (Å²) in [5, 5.41) is 0. The van der Waals surface area contributed by atoms with Crippen LogP contribution in [0.4, 0.5) is 0 Å². The van der Waals surface area contributed by atoms with Gasteiger partial charge in [-0.25, -0.2) is 0 Å². The third-order valence-electron chi connectivity index (χ3n) is 8.35. The van der Waals surface area contributed by atoms with Crippen LogP contribution in [0.15, 0.2) is 53.5 Å². The molecule has 2 atom stereocenters. The van der Waals surface area contributed by atoms with Gasteiger partial charge < -0.3 is 19.3 Å². The van der Waals surface area contributed by atoms with E-state index in [0.717, 1.165) is 80.9 Å². The van der Waals surface area contributed by atoms with E-state index >= 15 is 0 Å². The highest BCUT2D eigenvalue weighted by Crippen LogP contribution is 2.48. The van der Waals surface area contributed by atoms with Crippen molar-refractivity contribution in [2.75, 3.05) is 67.6 Å². The number of carbonyl (C=O) groups excluding carboxylic acids is 1. The summed E-state index contributed by atoms with van der Waals surface area (Å²) in [5.74, 6) is -0.476. The number of amides is 1. The van der Waals surface area contributed by atoms with Gasteiger partial charge in [-0.3, -0.25) is 14.7 Å². The third-order valence-corrected chi connectivity index (χ3v) is 8.35. The zero-order valence-corrected chi connectivity index (χ0v) is 22.7. The lowest BCUT2D eigenvalue weighted by Gasteiger charge is -2.47. The summed E-state index contributed by atoms with van der Waals surface area (Å²) in [5.41, 5.74) is 5.13. The molecule has 0 bridgehead atoms. The van der Waals surface area contributed by atoms with Crippen molar-refractivity contribution in [2.45, 2.75) is 37.0 Å². The fraction of sp³-hybridized carbons (Fsp3) is 0.533. The fourth-order valence-electron chi connectivity index (χ4n) is 6.22. The first-order valence-electron chi connectivity index (χ1n) is 13.5. The summed E-state index contributed by atoms with van der Waals surface area (Å²) < 4.78 is 12.0. The zero-order valence-electron chi connectivity index (χ0n) is 22.7. The number of likely N-dealkylation sites (N-methyl/N-ethyl adjacent to an activating group) is 1. The highest BCUT2D eigenvalue weighted by atomic mass is 16.7. The van der Waals surface area contributed by atoms with Gasteiger partial charge in [-0.2, -0.15) is 0 Å². The number of carbonyl (C=O) groups is 1. The maximum Gasteiger partial charge on any atom is 0.253 e. The van der Waals surface area contributed by atoms with Crippen LogP contribution in [-0.4, -0.2) is 106 Å². The molecule has 0 N–H and O–H groups in total. The largest absolute Gasteiger partial charge is 0.352 e. The summed E-state index contributed by atoms with van der Waals surface area (Å²) in [6.07, 6.45) is 2.88. The number of benzene rings is 2. The maximum absolute atomic E-state index is 13.2. The molecule has 0 unspecified atom stereocenters. The molecule has 37 heavy (non-hydrogen) atoms. The van der Waals surface area contributed by atoms with Gasteiger partial charge in [-0.05, 0) is 44.6 Å². The van der Waals surface area contributed by atoms with Gasteiger partial charge in [0.2, 0.25) is 0 Å². The van der Waals surface area contributed by atoms with E-state index in [-0.39, 0.29) is 17.9 Å². The summed E-state index contributed by atoms with van der Waals surface area (Å²) >= 11 is 0. The third kappa shape index (κ3) is 5.10. The van der Waals surface area contributed by atoms with Gasteiger partial charge in [0.15, 0.2) is 5.79 Å². The Morgan fingerprint density at radius 1 is 1.03 bits per heavy atom. The normalized spacial score (nSPS) is 23.4. The molecule has 2 aliphatic heterocycles. The van der Waals surface area contributed by atoms with Crippen LogP contribution in [0.1, 0.15) is 52.2 Å². The average Bonchev–Trinajstić information content (AvgIpc) is 2.95. The molecule has 2 heterocycles. The lowest BCUT2D eigenvalue weighted by Crippen LogP contribution is -2.50. The number of rotatable bonds is 7. The van der Waals surface area contributed by atoms with Crippen LogP contribution in [-0.2, 0) is 9.47 Å². The molecule has 2 aromatic carbocycles. The number of hydrogen-bond acceptors (Lipinski definition) is 6. The minimum atomic E-state index is -0.652. The molecule has 7 heteroatoms. The molecular weight excluding hydrogens is 464 g/mol. The van der Waals surface area contributed by atoms with Gasteiger partial charge in [-0.1, -0.05) is 36.4 Å². The van der Waals surface area contributed by atoms with Crippen molar-refractivity contribution in [3.63, 3.8) is 0 Å². The Morgan fingerprint density at radius 2 is 1.73 bits per heavy atom. The van der Waals surface area contributed by atoms with E-state index in [1.807, 2.05) is 17.0 Å². The van der Waals surface area contributed by atoms with Crippen molar-refractivity contribution in [1.29, 1.82) is 0 Å². The number of piperazine rings is 1. The van der Waals surface area contributed by atoms with Gasteiger partial charge in [0.05, 0.1) is 17.7 Å². The Hall–Kier alpha value is -2.58. The molecule has 0 spiro atoms. The van der Waals surface area contributed by atoms with Crippen molar-refractivity contribution in [1.82, 2.24) is 14.7 Å². The van der Waals surface area contributed by atoms with E-state index in [4.69, 9.17) is 14.5 Å². The van der Waals surface area contributed by atoms with Crippen LogP contribution in [0.2, 0.25) is 0 Å². The second-order valence-electron chi connectivity index (χ2n) is 10.7. The summed E-state index contributed by atoms with van der Waals surface area (Å²) in [7, 11) is 7.68. The monoisotopic (exact) mass is 504 g/mol. The molecule has 0 radical (unpaired) electrons. The Morgan fingerprint density at radius 3 is 2.41 bits per heavy atom. The van der Waals surface area contributed by atoms with Gasteiger partial charge in [-0.15, -0.1) is 0 Å². The standard InChI is InChI=1S/C30H40N4O3/c1-32(2)16-17-33-18-20-34(21-19-33)29(35)23-13-11-22(12-14-23)28-25-9-6-5-8-24(25)27-26(31-28)10-7-15-30(27,36-3)37-4/h5-6,8-9,11-14,26-27H,7,10,15-21H2,1-4H3/t26-,27-/m1/s1. The quantitative estimate of drug-likeness (QED) is 0.541. The van der Waals surface area contributed by atoms with Crippen LogP contribution in [0.3, 0.4) is 0 Å². The molecule has 198 valence electrons. The molecule has 7 nitrogen and oxygen atoms in total. The zero-order chi connectivity index (χ0) is 26.0. The second kappa shape index (κ2) is 11.0. The highest BCUT2D eigenvalue weighted by molar-refractivity contribution is 6.15. The molecule has 1 amide bonds. The molecule has 1 aliphatic carbocycles. The van der Waals surface area contributed by atoms with Gasteiger partial charge in [0.1, 0.15) is 0 Å². The number of methoxy groups -OCH3 is 2. The first-order valence-corrected chi connectivity index (χ1v) is 13.5. The predicted octanol–water partition coefficient (Wildman–Crippen LogP) is 3.48. The topological polar surface area (TPSA) is 57.6 Å². The summed E-state index contributed by atoms with van der Waals surface area (Å²) in [6.45, 7) is 5.50. The van der Waals surface area contributed by atoms with E-state index in [9.17, 15) is 4.79 Å². The van der Waals surface area contributed by atoms with E-state index in [2.05, 4.69) is 60.3 Å². The SMILES string of the molecule is COC1(OC)CCC[C@H]2N=C(c3ccc(C(=O)N4CCN(CCN(C)C)CC4)cc3)c3ccccc3[C@H]21. The smallest absolute Gasteiger partial charge is 0.253 e. The maximum atomic E-state index is 13.2. The summed E-state index contributed by atoms with van der Waals surface area (Å²) in [6, 6.07) is 16.6. The van der Waals surface area contributed by atoms with Crippen molar-refractivity contribution in [3.05, 3.63) is 70.8 Å². The minimum Gasteiger partial charge on any atom is -0.352 e. The fourth-order valence-corrected chi connectivity index (χ4v) is 6.22.